The van der Waals surface area contributed by atoms with Crippen LogP contribution in [0.1, 0.15) is 30.9 Å². The van der Waals surface area contributed by atoms with Crippen LogP contribution in [-0.2, 0) is 17.8 Å². The lowest BCUT2D eigenvalue weighted by Gasteiger charge is -2.39. The van der Waals surface area contributed by atoms with E-state index in [0.29, 0.717) is 61.4 Å². The van der Waals surface area contributed by atoms with E-state index in [4.69, 9.17) is 27.8 Å². The number of rotatable bonds is 10. The van der Waals surface area contributed by atoms with Crippen molar-refractivity contribution in [2.45, 2.75) is 38.8 Å². The summed E-state index contributed by atoms with van der Waals surface area (Å²) in [6.45, 7) is 8.05. The summed E-state index contributed by atoms with van der Waals surface area (Å²) in [4.78, 5) is 24.1. The lowest BCUT2D eigenvalue weighted by Crippen LogP contribution is -2.55. The van der Waals surface area contributed by atoms with Crippen molar-refractivity contribution in [3.63, 3.8) is 0 Å². The molecule has 2 aliphatic heterocycles. The minimum atomic E-state index is -0.502. The second kappa shape index (κ2) is 14.5. The molecule has 0 radical (unpaired) electrons. The molecular formula is C33H42ClFN6O2. The van der Waals surface area contributed by atoms with Gasteiger partial charge in [0.25, 0.3) is 0 Å². The van der Waals surface area contributed by atoms with Gasteiger partial charge in [0.1, 0.15) is 11.6 Å². The summed E-state index contributed by atoms with van der Waals surface area (Å²) in [7, 11) is 0. The molecule has 0 saturated carbocycles. The van der Waals surface area contributed by atoms with Crippen LogP contribution in [0.25, 0.3) is 11.1 Å². The largest absolute Gasteiger partial charge is 0.493 e. The number of hydrogen-bond donors (Lipinski definition) is 2. The third-order valence-corrected chi connectivity index (χ3v) is 9.01. The number of ether oxygens (including phenoxy) is 1. The molecule has 2 fully saturated rings. The highest BCUT2D eigenvalue weighted by Crippen LogP contribution is 2.31. The van der Waals surface area contributed by atoms with Gasteiger partial charge in [0.2, 0.25) is 5.91 Å². The van der Waals surface area contributed by atoms with Crippen molar-refractivity contribution in [3.05, 3.63) is 76.8 Å². The third kappa shape index (κ3) is 7.65. The van der Waals surface area contributed by atoms with Crippen molar-refractivity contribution in [1.29, 1.82) is 0 Å². The number of hydrogen-bond acceptors (Lipinski definition) is 7. The molecular weight excluding hydrogens is 567 g/mol. The molecule has 2 aromatic carbocycles. The van der Waals surface area contributed by atoms with E-state index >= 15 is 0 Å². The predicted molar refractivity (Wildman–Crippen MR) is 169 cm³/mol. The van der Waals surface area contributed by atoms with E-state index < -0.39 is 6.04 Å². The summed E-state index contributed by atoms with van der Waals surface area (Å²) in [6.07, 6.45) is 6.10. The molecule has 1 amide bonds. The van der Waals surface area contributed by atoms with Crippen molar-refractivity contribution in [2.75, 3.05) is 58.2 Å². The van der Waals surface area contributed by atoms with Gasteiger partial charge in [-0.05, 0) is 86.7 Å². The van der Waals surface area contributed by atoms with Crippen LogP contribution in [0, 0.1) is 11.7 Å². The number of carbonyl (C=O) groups is 1. The Morgan fingerprint density at radius 2 is 1.84 bits per heavy atom. The van der Waals surface area contributed by atoms with Crippen LogP contribution < -0.4 is 16.2 Å². The second-order valence-electron chi connectivity index (χ2n) is 11.5. The summed E-state index contributed by atoms with van der Waals surface area (Å²) in [5, 5.41) is 0.702. The van der Waals surface area contributed by atoms with Crippen LogP contribution >= 0.6 is 11.6 Å². The average Bonchev–Trinajstić information content (AvgIpc) is 3.02. The Balaban J connectivity index is 1.09. The highest BCUT2D eigenvalue weighted by Gasteiger charge is 2.33. The molecule has 2 saturated heterocycles. The van der Waals surface area contributed by atoms with Crippen LogP contribution in [0.3, 0.4) is 0 Å². The second-order valence-corrected chi connectivity index (χ2v) is 11.9. The fourth-order valence-corrected chi connectivity index (χ4v) is 6.42. The number of anilines is 1. The zero-order chi connectivity index (χ0) is 30.3. The first-order chi connectivity index (χ1) is 20.8. The van der Waals surface area contributed by atoms with Crippen LogP contribution in [0.2, 0.25) is 5.02 Å². The first-order valence-electron chi connectivity index (χ1n) is 15.2. The normalized spacial score (nSPS) is 17.6. The van der Waals surface area contributed by atoms with Crippen LogP contribution in [0.5, 0.6) is 5.75 Å². The Kier molecular flexibility index (Phi) is 10.5. The van der Waals surface area contributed by atoms with Gasteiger partial charge in [0.05, 0.1) is 12.6 Å². The molecule has 2 aliphatic rings. The Morgan fingerprint density at radius 1 is 1.07 bits per heavy atom. The number of pyridine rings is 1. The van der Waals surface area contributed by atoms with Gasteiger partial charge in [0, 0.05) is 73.5 Å². The molecule has 10 heteroatoms. The molecule has 0 aliphatic carbocycles. The van der Waals surface area contributed by atoms with Crippen LogP contribution in [0.4, 0.5) is 10.1 Å². The smallest absolute Gasteiger partial charge is 0.239 e. The number of nitrogens with zero attached hydrogens (tertiary/aromatic N) is 4. The van der Waals surface area contributed by atoms with E-state index in [-0.39, 0.29) is 17.6 Å². The fourth-order valence-electron chi connectivity index (χ4n) is 6.22. The summed E-state index contributed by atoms with van der Waals surface area (Å²) in [5.74, 6) is 0.507. The van der Waals surface area contributed by atoms with Crippen molar-refractivity contribution in [3.8, 4) is 16.9 Å². The van der Waals surface area contributed by atoms with Crippen molar-refractivity contribution in [2.24, 2.45) is 11.7 Å². The predicted octanol–water partition coefficient (Wildman–Crippen LogP) is 4.45. The number of carbonyl (C=O) groups excluding carboxylic acids is 1. The van der Waals surface area contributed by atoms with E-state index in [2.05, 4.69) is 14.8 Å². The van der Waals surface area contributed by atoms with Gasteiger partial charge in [-0.3, -0.25) is 14.7 Å². The van der Waals surface area contributed by atoms with Crippen molar-refractivity contribution >= 4 is 23.2 Å². The van der Waals surface area contributed by atoms with E-state index in [9.17, 15) is 9.18 Å². The summed E-state index contributed by atoms with van der Waals surface area (Å²) < 4.78 is 20.2. The molecule has 3 heterocycles. The van der Waals surface area contributed by atoms with E-state index in [0.717, 1.165) is 55.6 Å². The number of benzene rings is 2. The number of likely N-dealkylation sites (tertiary alicyclic amines) is 1. The van der Waals surface area contributed by atoms with Crippen molar-refractivity contribution in [1.82, 2.24) is 19.7 Å². The van der Waals surface area contributed by atoms with E-state index in [1.165, 1.54) is 6.07 Å². The SMILES string of the molecule is CCOc1cccc(F)c1CN1CCN(C(=O)C(N)C2CCN(CCc3cc(Cl)ccc3-c3cnccc3N)CC2)CC1. The van der Waals surface area contributed by atoms with E-state index in [1.54, 1.807) is 24.5 Å². The Bertz CT molecular complexity index is 1390. The topological polar surface area (TPSA) is 101 Å². The molecule has 1 aromatic heterocycles. The molecule has 0 spiro atoms. The van der Waals surface area contributed by atoms with Gasteiger partial charge in [-0.25, -0.2) is 4.39 Å². The molecule has 1 atom stereocenters. The first-order valence-corrected chi connectivity index (χ1v) is 15.6. The molecule has 43 heavy (non-hydrogen) atoms. The fraction of sp³-hybridized carbons (Fsp3) is 0.455. The van der Waals surface area contributed by atoms with Gasteiger partial charge in [-0.2, -0.15) is 0 Å². The number of piperazine rings is 1. The van der Waals surface area contributed by atoms with E-state index in [1.807, 2.05) is 36.1 Å². The first kappa shape index (κ1) is 31.2. The van der Waals surface area contributed by atoms with Gasteiger partial charge in [-0.15, -0.1) is 0 Å². The Hall–Kier alpha value is -3.24. The zero-order valence-electron chi connectivity index (χ0n) is 24.9. The maximum absolute atomic E-state index is 14.5. The monoisotopic (exact) mass is 608 g/mol. The lowest BCUT2D eigenvalue weighted by atomic mass is 9.88. The number of aromatic nitrogens is 1. The average molecular weight is 609 g/mol. The minimum Gasteiger partial charge on any atom is -0.493 e. The number of nitrogens with two attached hydrogens (primary N) is 2. The van der Waals surface area contributed by atoms with Gasteiger partial charge >= 0.3 is 0 Å². The Morgan fingerprint density at radius 3 is 2.56 bits per heavy atom. The molecule has 8 nitrogen and oxygen atoms in total. The molecule has 0 bridgehead atoms. The number of amides is 1. The lowest BCUT2D eigenvalue weighted by molar-refractivity contribution is -0.136. The summed E-state index contributed by atoms with van der Waals surface area (Å²) in [5.41, 5.74) is 17.2. The number of piperidine rings is 1. The molecule has 4 N–H and O–H groups in total. The highest BCUT2D eigenvalue weighted by atomic mass is 35.5. The molecule has 3 aromatic rings. The number of halogens is 2. The van der Waals surface area contributed by atoms with Crippen molar-refractivity contribution < 1.29 is 13.9 Å². The minimum absolute atomic E-state index is 0.0247. The quantitative estimate of drug-likeness (QED) is 0.351. The zero-order valence-corrected chi connectivity index (χ0v) is 25.6. The van der Waals surface area contributed by atoms with Gasteiger partial charge < -0.3 is 26.0 Å². The maximum atomic E-state index is 14.5. The highest BCUT2D eigenvalue weighted by molar-refractivity contribution is 6.30. The van der Waals surface area contributed by atoms with Gasteiger partial charge in [0.15, 0.2) is 0 Å². The van der Waals surface area contributed by atoms with Crippen LogP contribution in [-0.4, -0.2) is 84.1 Å². The maximum Gasteiger partial charge on any atom is 0.239 e. The van der Waals surface area contributed by atoms with Crippen LogP contribution in [0.15, 0.2) is 54.9 Å². The Labute approximate surface area is 258 Å². The molecule has 230 valence electrons. The molecule has 1 unspecified atom stereocenters. The third-order valence-electron chi connectivity index (χ3n) is 8.78. The summed E-state index contributed by atoms with van der Waals surface area (Å²) >= 11 is 6.35. The summed E-state index contributed by atoms with van der Waals surface area (Å²) in [6, 6.07) is 12.2. The van der Waals surface area contributed by atoms with Gasteiger partial charge in [-0.1, -0.05) is 23.7 Å². The molecule has 5 rings (SSSR count). The number of nitrogen functional groups attached to an aromatic ring is 1. The standard InChI is InChI=1S/C33H42ClFN6O2/c1-2-43-31-5-3-4-29(35)28(31)22-40-16-18-41(19-17-40)33(42)32(37)23-9-13-39(14-10-23)15-11-24-20-25(34)6-7-26(24)27-21-38-12-8-30(27)36/h3-8,12,20-21,23,32H,2,9-11,13-19,22,37H2,1H3,(H2,36,38).